The van der Waals surface area contributed by atoms with Crippen molar-refractivity contribution in [1.29, 1.82) is 0 Å². The Hall–Kier alpha value is -1.55. The number of carbonyl (C=O) groups is 2. The number of benzene rings is 1. The van der Waals surface area contributed by atoms with Gasteiger partial charge in [0, 0.05) is 10.5 Å². The Morgan fingerprint density at radius 1 is 1.12 bits per heavy atom. The highest BCUT2D eigenvalue weighted by molar-refractivity contribution is 9.10. The van der Waals surface area contributed by atoms with Gasteiger partial charge >= 0.3 is 0 Å². The molecule has 2 aromatic rings. The lowest BCUT2D eigenvalue weighted by Crippen LogP contribution is -2.46. The maximum atomic E-state index is 13.1. The topological polar surface area (TPSA) is 74.8 Å². The van der Waals surface area contributed by atoms with Gasteiger partial charge in [0.15, 0.2) is 0 Å². The molecule has 1 atom stereocenters. The maximum Gasteiger partial charge on any atom is 0.253 e. The Bertz CT molecular complexity index is 953. The molecule has 0 bridgehead atoms. The summed E-state index contributed by atoms with van der Waals surface area (Å²) in [5.74, 6) is -0.862. The lowest BCUT2D eigenvalue weighted by atomic mass is 10.2. The van der Waals surface area contributed by atoms with Crippen LogP contribution < -0.4 is 4.90 Å². The number of nitrogens with zero attached hydrogens (tertiary/aromatic N) is 2. The van der Waals surface area contributed by atoms with Crippen molar-refractivity contribution in [2.75, 3.05) is 4.90 Å². The van der Waals surface area contributed by atoms with Crippen molar-refractivity contribution in [3.63, 3.8) is 0 Å². The van der Waals surface area contributed by atoms with Gasteiger partial charge in [0.05, 0.1) is 12.1 Å². The largest absolute Gasteiger partial charge is 0.274 e. The summed E-state index contributed by atoms with van der Waals surface area (Å²) in [7, 11) is -3.80. The minimum absolute atomic E-state index is 0.129. The fourth-order valence-corrected chi connectivity index (χ4v) is 6.32. The lowest BCUT2D eigenvalue weighted by molar-refractivity contribution is -0.122. The number of amides is 2. The van der Waals surface area contributed by atoms with Crippen molar-refractivity contribution in [2.45, 2.75) is 35.6 Å². The van der Waals surface area contributed by atoms with Crippen LogP contribution in [0.4, 0.5) is 5.69 Å². The molecule has 2 heterocycles. The lowest BCUT2D eigenvalue weighted by Gasteiger charge is -2.26. The molecular formula is C17H15BrN2O4S2. The zero-order chi connectivity index (χ0) is 18.5. The first-order chi connectivity index (χ1) is 12.4. The average Bonchev–Trinajstić information content (AvgIpc) is 3.16. The number of hydrogen-bond donors (Lipinski definition) is 0. The Morgan fingerprint density at radius 3 is 2.38 bits per heavy atom. The van der Waals surface area contributed by atoms with Gasteiger partial charge in [-0.05, 0) is 48.6 Å². The summed E-state index contributed by atoms with van der Waals surface area (Å²) in [5.41, 5.74) is 0.454. The second-order valence-corrected chi connectivity index (χ2v) is 10.2. The van der Waals surface area contributed by atoms with Gasteiger partial charge < -0.3 is 0 Å². The standard InChI is InChI=1S/C17H15BrN2O4S2/c18-11-3-5-12(6-4-11)19-15(21)10-14(17(19)22)20(13-7-8-13)26(23,24)16-2-1-9-25-16/h1-6,9,13-14H,7-8,10H2. The Labute approximate surface area is 163 Å². The molecule has 0 spiro atoms. The summed E-state index contributed by atoms with van der Waals surface area (Å²) in [6, 6.07) is 8.81. The summed E-state index contributed by atoms with van der Waals surface area (Å²) in [6.07, 6.45) is 1.29. The van der Waals surface area contributed by atoms with Crippen LogP contribution in [0.3, 0.4) is 0 Å². The molecule has 2 amide bonds. The third-order valence-corrected chi connectivity index (χ3v) is 8.31. The van der Waals surface area contributed by atoms with E-state index in [1.165, 1.54) is 10.4 Å². The number of sulfonamides is 1. The van der Waals surface area contributed by atoms with Crippen LogP contribution in [-0.4, -0.2) is 36.6 Å². The SMILES string of the molecule is O=C1CC(N(C2CC2)S(=O)(=O)c2cccs2)C(=O)N1c1ccc(Br)cc1. The van der Waals surface area contributed by atoms with Crippen molar-refractivity contribution in [2.24, 2.45) is 0 Å². The maximum absolute atomic E-state index is 13.1. The minimum Gasteiger partial charge on any atom is -0.274 e. The van der Waals surface area contributed by atoms with Gasteiger partial charge in [-0.15, -0.1) is 11.3 Å². The van der Waals surface area contributed by atoms with E-state index in [4.69, 9.17) is 0 Å². The molecule has 0 radical (unpaired) electrons. The number of carbonyl (C=O) groups excluding carboxylic acids is 2. The molecule has 1 unspecified atom stereocenters. The Balaban J connectivity index is 1.69. The summed E-state index contributed by atoms with van der Waals surface area (Å²) >= 11 is 4.44. The molecular weight excluding hydrogens is 440 g/mol. The molecule has 1 aromatic heterocycles. The predicted molar refractivity (Wildman–Crippen MR) is 101 cm³/mol. The highest BCUT2D eigenvalue weighted by Gasteiger charge is 2.52. The van der Waals surface area contributed by atoms with Gasteiger partial charge in [0.1, 0.15) is 10.3 Å². The summed E-state index contributed by atoms with van der Waals surface area (Å²) in [5, 5.41) is 1.69. The van der Waals surface area contributed by atoms with Crippen LogP contribution in [0.25, 0.3) is 0 Å². The zero-order valence-corrected chi connectivity index (χ0v) is 16.8. The molecule has 1 aromatic carbocycles. The van der Waals surface area contributed by atoms with Crippen LogP contribution in [0.1, 0.15) is 19.3 Å². The predicted octanol–water partition coefficient (Wildman–Crippen LogP) is 3.00. The fraction of sp³-hybridized carbons (Fsp3) is 0.294. The number of rotatable bonds is 5. The zero-order valence-electron chi connectivity index (χ0n) is 13.5. The van der Waals surface area contributed by atoms with E-state index >= 15 is 0 Å². The van der Waals surface area contributed by atoms with Gasteiger partial charge in [-0.3, -0.25) is 9.59 Å². The average molecular weight is 455 g/mol. The number of thiophene rings is 1. The molecule has 0 N–H and O–H groups in total. The van der Waals surface area contributed by atoms with Gasteiger partial charge in [-0.25, -0.2) is 13.3 Å². The van der Waals surface area contributed by atoms with E-state index < -0.39 is 22.0 Å². The highest BCUT2D eigenvalue weighted by atomic mass is 79.9. The number of anilines is 1. The first-order valence-electron chi connectivity index (χ1n) is 8.09. The molecule has 9 heteroatoms. The van der Waals surface area contributed by atoms with E-state index in [0.717, 1.165) is 20.7 Å². The van der Waals surface area contributed by atoms with E-state index in [1.54, 1.807) is 35.7 Å². The van der Waals surface area contributed by atoms with Crippen LogP contribution in [0.15, 0.2) is 50.5 Å². The van der Waals surface area contributed by atoms with Crippen molar-refractivity contribution in [3.8, 4) is 0 Å². The number of hydrogen-bond acceptors (Lipinski definition) is 5. The van der Waals surface area contributed by atoms with Crippen LogP contribution in [0.5, 0.6) is 0 Å². The van der Waals surface area contributed by atoms with Crippen LogP contribution in [-0.2, 0) is 19.6 Å². The van der Waals surface area contributed by atoms with Crippen LogP contribution >= 0.6 is 27.3 Å². The summed E-state index contributed by atoms with van der Waals surface area (Å²) in [4.78, 5) is 26.6. The molecule has 4 rings (SSSR count). The molecule has 1 aliphatic carbocycles. The fourth-order valence-electron chi connectivity index (χ4n) is 3.14. The molecule has 1 saturated heterocycles. The molecule has 136 valence electrons. The van der Waals surface area contributed by atoms with Gasteiger partial charge in [-0.2, -0.15) is 4.31 Å². The normalized spacial score (nSPS) is 21.0. The van der Waals surface area contributed by atoms with Crippen molar-refractivity contribution < 1.29 is 18.0 Å². The molecule has 1 aliphatic heterocycles. The van der Waals surface area contributed by atoms with Crippen LogP contribution in [0, 0.1) is 0 Å². The second-order valence-electron chi connectivity index (χ2n) is 6.26. The highest BCUT2D eigenvalue weighted by Crippen LogP contribution is 2.39. The molecule has 6 nitrogen and oxygen atoms in total. The molecule has 26 heavy (non-hydrogen) atoms. The summed E-state index contributed by atoms with van der Waals surface area (Å²) < 4.78 is 28.4. The van der Waals surface area contributed by atoms with E-state index in [1.807, 2.05) is 0 Å². The van der Waals surface area contributed by atoms with Gasteiger partial charge in [0.2, 0.25) is 5.91 Å². The van der Waals surface area contributed by atoms with Crippen molar-refractivity contribution in [3.05, 3.63) is 46.3 Å². The Morgan fingerprint density at radius 2 is 1.81 bits per heavy atom. The van der Waals surface area contributed by atoms with Crippen molar-refractivity contribution >= 4 is 54.8 Å². The molecule has 2 fully saturated rings. The first kappa shape index (κ1) is 17.8. The molecule has 2 aliphatic rings. The number of halogens is 1. The summed E-state index contributed by atoms with van der Waals surface area (Å²) in [6.45, 7) is 0. The van der Waals surface area contributed by atoms with E-state index in [0.29, 0.717) is 18.5 Å². The first-order valence-corrected chi connectivity index (χ1v) is 11.2. The quantitative estimate of drug-likeness (QED) is 0.650. The third kappa shape index (κ3) is 3.02. The second kappa shape index (κ2) is 6.56. The monoisotopic (exact) mass is 454 g/mol. The third-order valence-electron chi connectivity index (χ3n) is 4.45. The van der Waals surface area contributed by atoms with E-state index in [2.05, 4.69) is 15.9 Å². The smallest absolute Gasteiger partial charge is 0.253 e. The minimum atomic E-state index is -3.80. The number of imide groups is 1. The van der Waals surface area contributed by atoms with Crippen LogP contribution in [0.2, 0.25) is 0 Å². The van der Waals surface area contributed by atoms with Gasteiger partial charge in [-0.1, -0.05) is 22.0 Å². The Kier molecular flexibility index (Phi) is 4.50. The van der Waals surface area contributed by atoms with Gasteiger partial charge in [0.25, 0.3) is 15.9 Å². The molecule has 1 saturated carbocycles. The van der Waals surface area contributed by atoms with E-state index in [9.17, 15) is 18.0 Å². The van der Waals surface area contributed by atoms with Crippen molar-refractivity contribution in [1.82, 2.24) is 4.31 Å². The van der Waals surface area contributed by atoms with E-state index in [-0.39, 0.29) is 22.6 Å².